The number of carbonyl (C=O) groups is 2. The molecule has 2 unspecified atom stereocenters. The van der Waals surface area contributed by atoms with Crippen molar-refractivity contribution in [3.63, 3.8) is 0 Å². The number of hydrogen-bond donors (Lipinski definition) is 1. The van der Waals surface area contributed by atoms with Gasteiger partial charge >= 0.3 is 13.2 Å². The molecule has 2 aromatic heterocycles. The Labute approximate surface area is 242 Å². The molecule has 14 heteroatoms. The number of carbonyl (C=O) groups excluding carboxylic acids is 2. The lowest BCUT2D eigenvalue weighted by molar-refractivity contribution is -0.129. The second-order valence-electron chi connectivity index (χ2n) is 10.00. The molecule has 2 aliphatic heterocycles. The van der Waals surface area contributed by atoms with Gasteiger partial charge in [0.25, 0.3) is 0 Å². The summed E-state index contributed by atoms with van der Waals surface area (Å²) in [6.07, 6.45) is 5.16. The summed E-state index contributed by atoms with van der Waals surface area (Å²) >= 11 is 5.90. The monoisotopic (exact) mass is 609 g/mol. The van der Waals surface area contributed by atoms with Gasteiger partial charge in [0.15, 0.2) is 5.82 Å². The molecule has 222 valence electrons. The topological polar surface area (TPSA) is 89.3 Å². The number of fused-ring (bicyclic) bond motifs is 4. The van der Waals surface area contributed by atoms with Crippen LogP contribution < -0.4 is 10.1 Å². The highest BCUT2D eigenvalue weighted by molar-refractivity contribution is 6.31. The van der Waals surface area contributed by atoms with E-state index in [9.17, 15) is 31.5 Å². The Balaban J connectivity index is 1.54. The van der Waals surface area contributed by atoms with Crippen molar-refractivity contribution >= 4 is 34.7 Å². The lowest BCUT2D eigenvalue weighted by atomic mass is 9.93. The summed E-state index contributed by atoms with van der Waals surface area (Å²) in [5, 5.41) is 6.14. The van der Waals surface area contributed by atoms with Crippen LogP contribution in [0.4, 0.5) is 27.6 Å². The van der Waals surface area contributed by atoms with Crippen LogP contribution >= 0.6 is 11.6 Å². The smallest absolute Gasteiger partial charge is 0.387 e. The van der Waals surface area contributed by atoms with E-state index in [0.29, 0.717) is 35.2 Å². The number of alkyl halides is 4. The van der Waals surface area contributed by atoms with Gasteiger partial charge in [0.1, 0.15) is 5.75 Å². The third-order valence-electron chi connectivity index (χ3n) is 7.37. The fraction of sp³-hybridized carbons (Fsp3) is 0.357. The molecule has 0 saturated heterocycles. The normalized spacial score (nSPS) is 19.6. The van der Waals surface area contributed by atoms with Gasteiger partial charge in [-0.3, -0.25) is 14.6 Å². The predicted octanol–water partition coefficient (Wildman–Crippen LogP) is 6.85. The Morgan fingerprint density at radius 1 is 1.14 bits per heavy atom. The largest absolute Gasteiger partial charge is 0.434 e. The van der Waals surface area contributed by atoms with Gasteiger partial charge in [-0.2, -0.15) is 22.7 Å². The number of rotatable bonds is 5. The zero-order valence-electron chi connectivity index (χ0n) is 22.2. The second-order valence-corrected chi connectivity index (χ2v) is 10.4. The van der Waals surface area contributed by atoms with Crippen LogP contribution in [0.15, 0.2) is 42.7 Å². The van der Waals surface area contributed by atoms with Crippen LogP contribution in [0.2, 0.25) is 5.02 Å². The number of ether oxygens (including phenoxy) is 1. The second kappa shape index (κ2) is 12.1. The van der Waals surface area contributed by atoms with Crippen LogP contribution in [0.3, 0.4) is 0 Å². The van der Waals surface area contributed by atoms with Crippen molar-refractivity contribution in [2.75, 3.05) is 11.9 Å². The van der Waals surface area contributed by atoms with Crippen molar-refractivity contribution in [3.05, 3.63) is 64.8 Å². The zero-order valence-corrected chi connectivity index (χ0v) is 22.9. The highest BCUT2D eigenvalue weighted by Crippen LogP contribution is 2.40. The van der Waals surface area contributed by atoms with E-state index in [4.69, 9.17) is 11.6 Å². The van der Waals surface area contributed by atoms with E-state index in [-0.39, 0.29) is 46.4 Å². The maximum atomic E-state index is 15.0. The first-order valence-electron chi connectivity index (χ1n) is 13.1. The van der Waals surface area contributed by atoms with Gasteiger partial charge in [0.2, 0.25) is 11.8 Å². The maximum absolute atomic E-state index is 15.0. The van der Waals surface area contributed by atoms with Crippen LogP contribution in [0.1, 0.15) is 56.5 Å². The molecule has 5 rings (SSSR count). The summed E-state index contributed by atoms with van der Waals surface area (Å²) in [6.45, 7) is -4.43. The molecule has 2 amide bonds. The molecule has 1 N–H and O–H groups in total. The Kier molecular flexibility index (Phi) is 8.48. The van der Waals surface area contributed by atoms with Gasteiger partial charge in [-0.05, 0) is 49.1 Å². The van der Waals surface area contributed by atoms with Crippen molar-refractivity contribution in [3.8, 4) is 17.0 Å². The van der Waals surface area contributed by atoms with E-state index in [1.54, 1.807) is 13.0 Å². The summed E-state index contributed by atoms with van der Waals surface area (Å²) in [7, 11) is 0. The highest BCUT2D eigenvalue weighted by atomic mass is 35.5. The zero-order chi connectivity index (χ0) is 30.1. The van der Waals surface area contributed by atoms with Crippen LogP contribution in [-0.2, 0) is 9.59 Å². The molecule has 2 bridgehead atoms. The summed E-state index contributed by atoms with van der Waals surface area (Å²) in [4.78, 5) is 32.3. The SMILES string of the molecule is CC1CCCC(N2CCC(c3c(OC(F)F)ccc(Cl)c3F)=CC2=O)c2cc(ccn2)-c2c(cnn2C(F)F)NC1=O. The Hall–Kier alpha value is -4.00. The number of pyridine rings is 1. The van der Waals surface area contributed by atoms with E-state index in [2.05, 4.69) is 20.1 Å². The summed E-state index contributed by atoms with van der Waals surface area (Å²) in [5.74, 6) is -2.79. The number of aromatic nitrogens is 3. The maximum Gasteiger partial charge on any atom is 0.387 e. The fourth-order valence-electron chi connectivity index (χ4n) is 5.32. The molecule has 0 spiro atoms. The molecule has 0 saturated carbocycles. The number of amides is 2. The van der Waals surface area contributed by atoms with E-state index in [1.807, 2.05) is 0 Å². The first-order valence-corrected chi connectivity index (χ1v) is 13.5. The molecule has 0 aliphatic carbocycles. The van der Waals surface area contributed by atoms with Gasteiger partial charge in [0.05, 0.1) is 39.9 Å². The van der Waals surface area contributed by atoms with Crippen LogP contribution in [0.5, 0.6) is 5.75 Å². The third kappa shape index (κ3) is 5.83. The lowest BCUT2D eigenvalue weighted by Crippen LogP contribution is -2.38. The fourth-order valence-corrected chi connectivity index (χ4v) is 5.48. The first kappa shape index (κ1) is 29.5. The minimum atomic E-state index is -3.22. The summed E-state index contributed by atoms with van der Waals surface area (Å²) < 4.78 is 73.7. The van der Waals surface area contributed by atoms with Crippen molar-refractivity contribution in [2.24, 2.45) is 5.92 Å². The number of halogens is 6. The Morgan fingerprint density at radius 3 is 2.64 bits per heavy atom. The summed E-state index contributed by atoms with van der Waals surface area (Å²) in [6, 6.07) is 4.65. The molecular formula is C28H25ClF5N5O3. The van der Waals surface area contributed by atoms with E-state index in [1.165, 1.54) is 17.2 Å². The van der Waals surface area contributed by atoms with Crippen LogP contribution in [0.25, 0.3) is 16.8 Å². The average Bonchev–Trinajstić information content (AvgIpc) is 3.36. The average molecular weight is 610 g/mol. The molecule has 42 heavy (non-hydrogen) atoms. The van der Waals surface area contributed by atoms with Gasteiger partial charge in [-0.1, -0.05) is 24.9 Å². The molecule has 0 radical (unpaired) electrons. The van der Waals surface area contributed by atoms with E-state index >= 15 is 0 Å². The molecule has 2 atom stereocenters. The van der Waals surface area contributed by atoms with E-state index < -0.39 is 42.6 Å². The van der Waals surface area contributed by atoms with Crippen molar-refractivity contribution in [2.45, 2.75) is 51.8 Å². The standard InChI is InChI=1S/C28H25ClF5N5O3/c1-14-3-2-4-20(18-11-16(7-9-35-18)25-19(37-26(14)41)13-36-39(25)27(31)32)38-10-8-15(12-22(38)40)23-21(42-28(33)34)6-5-17(29)24(23)30/h5-7,9,11-14,20,27-28H,2-4,8,10H2,1H3,(H,37,41). The summed E-state index contributed by atoms with van der Waals surface area (Å²) in [5.41, 5.74) is 0.652. The molecule has 2 aliphatic rings. The number of nitrogens with one attached hydrogen (secondary N) is 1. The number of benzene rings is 1. The van der Waals surface area contributed by atoms with E-state index in [0.717, 1.165) is 24.4 Å². The van der Waals surface area contributed by atoms with Crippen LogP contribution in [-0.4, -0.2) is 44.6 Å². The molecule has 4 heterocycles. The molecular weight excluding hydrogens is 585 g/mol. The number of hydrogen-bond acceptors (Lipinski definition) is 5. The quantitative estimate of drug-likeness (QED) is 0.320. The van der Waals surface area contributed by atoms with Gasteiger partial charge in [-0.25, -0.2) is 9.07 Å². The number of anilines is 1. The van der Waals surface area contributed by atoms with Crippen molar-refractivity contribution in [1.82, 2.24) is 19.7 Å². The predicted molar refractivity (Wildman–Crippen MR) is 143 cm³/mol. The first-order chi connectivity index (χ1) is 20.0. The molecule has 0 fully saturated rings. The van der Waals surface area contributed by atoms with Crippen molar-refractivity contribution in [1.29, 1.82) is 0 Å². The van der Waals surface area contributed by atoms with Crippen molar-refractivity contribution < 1.29 is 36.3 Å². The molecule has 8 nitrogen and oxygen atoms in total. The van der Waals surface area contributed by atoms with Gasteiger partial charge in [-0.15, -0.1) is 0 Å². The van der Waals surface area contributed by atoms with Gasteiger partial charge in [0, 0.05) is 30.3 Å². The number of nitrogens with zero attached hydrogens (tertiary/aromatic N) is 4. The van der Waals surface area contributed by atoms with Crippen LogP contribution in [0, 0.1) is 11.7 Å². The Bertz CT molecular complexity index is 1550. The minimum Gasteiger partial charge on any atom is -0.434 e. The third-order valence-corrected chi connectivity index (χ3v) is 7.66. The molecule has 3 aromatic rings. The lowest BCUT2D eigenvalue weighted by Gasteiger charge is -2.34. The molecule has 1 aromatic carbocycles. The minimum absolute atomic E-state index is 0.0105. The van der Waals surface area contributed by atoms with Gasteiger partial charge < -0.3 is 15.0 Å². The Morgan fingerprint density at radius 2 is 1.93 bits per heavy atom. The highest BCUT2D eigenvalue weighted by Gasteiger charge is 2.32.